The fraction of sp³-hybridized carbons (Fsp3) is 0.900. The van der Waals surface area contributed by atoms with E-state index in [4.69, 9.17) is 0 Å². The summed E-state index contributed by atoms with van der Waals surface area (Å²) < 4.78 is 0. The van der Waals surface area contributed by atoms with Gasteiger partial charge in [0.1, 0.15) is 0 Å². The fourth-order valence-electron chi connectivity index (χ4n) is 3.70. The van der Waals surface area contributed by atoms with Gasteiger partial charge in [-0.3, -0.25) is 0 Å². The SMILES string of the molecule is C=C(CC)CC1CC(C(C)(C)C)CCC1CNCC(C)C. The minimum Gasteiger partial charge on any atom is -0.316 e. The Kier molecular flexibility index (Phi) is 7.47. The van der Waals surface area contributed by atoms with Crippen LogP contribution < -0.4 is 5.32 Å². The van der Waals surface area contributed by atoms with Crippen molar-refractivity contribution in [2.24, 2.45) is 29.1 Å². The zero-order valence-electron chi connectivity index (χ0n) is 15.5. The maximum atomic E-state index is 4.28. The molecule has 0 spiro atoms. The predicted molar refractivity (Wildman–Crippen MR) is 95.5 cm³/mol. The maximum absolute atomic E-state index is 4.28. The van der Waals surface area contributed by atoms with Crippen LogP contribution in [0.25, 0.3) is 0 Å². The third kappa shape index (κ3) is 6.55. The first-order valence-electron chi connectivity index (χ1n) is 9.11. The van der Waals surface area contributed by atoms with Crippen LogP contribution in [0.2, 0.25) is 0 Å². The zero-order chi connectivity index (χ0) is 16.0. The minimum absolute atomic E-state index is 0.460. The van der Waals surface area contributed by atoms with E-state index in [-0.39, 0.29) is 0 Å². The van der Waals surface area contributed by atoms with Crippen LogP contribution in [0.1, 0.15) is 73.6 Å². The molecule has 21 heavy (non-hydrogen) atoms. The van der Waals surface area contributed by atoms with E-state index in [0.29, 0.717) is 5.41 Å². The van der Waals surface area contributed by atoms with Gasteiger partial charge in [0.2, 0.25) is 0 Å². The molecule has 3 unspecified atom stereocenters. The highest BCUT2D eigenvalue weighted by atomic mass is 14.9. The van der Waals surface area contributed by atoms with Gasteiger partial charge in [0.15, 0.2) is 0 Å². The molecule has 0 heterocycles. The van der Waals surface area contributed by atoms with Crippen LogP contribution in [-0.4, -0.2) is 13.1 Å². The summed E-state index contributed by atoms with van der Waals surface area (Å²) in [4.78, 5) is 0. The van der Waals surface area contributed by atoms with Gasteiger partial charge in [-0.25, -0.2) is 0 Å². The normalized spacial score (nSPS) is 27.1. The van der Waals surface area contributed by atoms with E-state index in [9.17, 15) is 0 Å². The van der Waals surface area contributed by atoms with E-state index in [2.05, 4.69) is 53.4 Å². The van der Waals surface area contributed by atoms with Crippen LogP contribution >= 0.6 is 0 Å². The molecule has 1 aliphatic carbocycles. The summed E-state index contributed by atoms with van der Waals surface area (Å²) in [6, 6.07) is 0. The van der Waals surface area contributed by atoms with Crippen LogP contribution in [0.3, 0.4) is 0 Å². The first-order chi connectivity index (χ1) is 9.74. The van der Waals surface area contributed by atoms with Crippen molar-refractivity contribution < 1.29 is 0 Å². The van der Waals surface area contributed by atoms with Gasteiger partial charge in [-0.2, -0.15) is 0 Å². The molecule has 0 amide bonds. The molecular weight excluding hydrogens is 254 g/mol. The molecule has 0 aromatic heterocycles. The monoisotopic (exact) mass is 293 g/mol. The number of hydrogen-bond donors (Lipinski definition) is 1. The standard InChI is InChI=1S/C20H39N/c1-8-16(4)11-18-12-19(20(5,6)7)10-9-17(18)14-21-13-15(2)3/h15,17-19,21H,4,8-14H2,1-3,5-7H3. The summed E-state index contributed by atoms with van der Waals surface area (Å²) in [6.07, 6.45) is 6.60. The van der Waals surface area contributed by atoms with Crippen molar-refractivity contribution in [1.82, 2.24) is 5.32 Å². The van der Waals surface area contributed by atoms with Crippen molar-refractivity contribution in [3.63, 3.8) is 0 Å². The molecule has 1 nitrogen and oxygen atoms in total. The Morgan fingerprint density at radius 2 is 1.86 bits per heavy atom. The quantitative estimate of drug-likeness (QED) is 0.597. The maximum Gasteiger partial charge on any atom is -0.00176 e. The van der Waals surface area contributed by atoms with Crippen LogP contribution in [0.4, 0.5) is 0 Å². The molecule has 3 atom stereocenters. The van der Waals surface area contributed by atoms with Crippen LogP contribution in [0, 0.1) is 29.1 Å². The largest absolute Gasteiger partial charge is 0.316 e. The zero-order valence-corrected chi connectivity index (χ0v) is 15.5. The average molecular weight is 294 g/mol. The second-order valence-electron chi connectivity index (χ2n) is 8.76. The highest BCUT2D eigenvalue weighted by molar-refractivity contribution is 4.98. The lowest BCUT2D eigenvalue weighted by Crippen LogP contribution is -2.37. The Morgan fingerprint density at radius 3 is 2.38 bits per heavy atom. The Bertz CT molecular complexity index is 310. The summed E-state index contributed by atoms with van der Waals surface area (Å²) in [5, 5.41) is 3.70. The number of nitrogens with one attached hydrogen (secondary N) is 1. The average Bonchev–Trinajstić information content (AvgIpc) is 2.38. The lowest BCUT2D eigenvalue weighted by Gasteiger charge is -2.42. The number of allylic oxidation sites excluding steroid dienone is 1. The van der Waals surface area contributed by atoms with E-state index in [1.807, 2.05) is 0 Å². The molecule has 1 rings (SSSR count). The Morgan fingerprint density at radius 1 is 1.19 bits per heavy atom. The van der Waals surface area contributed by atoms with Crippen molar-refractivity contribution >= 4 is 0 Å². The van der Waals surface area contributed by atoms with E-state index in [1.165, 1.54) is 37.8 Å². The van der Waals surface area contributed by atoms with Gasteiger partial charge >= 0.3 is 0 Å². The van der Waals surface area contributed by atoms with Crippen molar-refractivity contribution in [3.05, 3.63) is 12.2 Å². The fourth-order valence-corrected chi connectivity index (χ4v) is 3.70. The van der Waals surface area contributed by atoms with Gasteiger partial charge < -0.3 is 5.32 Å². The lowest BCUT2D eigenvalue weighted by molar-refractivity contribution is 0.0965. The van der Waals surface area contributed by atoms with Crippen LogP contribution in [0.15, 0.2) is 12.2 Å². The lowest BCUT2D eigenvalue weighted by atomic mass is 9.64. The summed E-state index contributed by atoms with van der Waals surface area (Å²) in [5.74, 6) is 3.33. The number of rotatable bonds is 7. The van der Waals surface area contributed by atoms with Gasteiger partial charge in [-0.1, -0.05) is 53.7 Å². The molecule has 0 aromatic carbocycles. The molecule has 124 valence electrons. The Hall–Kier alpha value is -0.300. The molecule has 1 aliphatic rings. The highest BCUT2D eigenvalue weighted by Gasteiger charge is 2.35. The molecule has 0 radical (unpaired) electrons. The van der Waals surface area contributed by atoms with E-state index >= 15 is 0 Å². The summed E-state index contributed by atoms with van der Waals surface area (Å²) >= 11 is 0. The molecule has 0 aliphatic heterocycles. The Balaban J connectivity index is 2.61. The van der Waals surface area contributed by atoms with Gasteiger partial charge in [0.25, 0.3) is 0 Å². The topological polar surface area (TPSA) is 12.0 Å². The molecule has 0 saturated heterocycles. The highest BCUT2D eigenvalue weighted by Crippen LogP contribution is 2.44. The smallest absolute Gasteiger partial charge is 0.00176 e. The van der Waals surface area contributed by atoms with Gasteiger partial charge in [-0.05, 0) is 74.3 Å². The summed E-state index contributed by atoms with van der Waals surface area (Å²) in [5.41, 5.74) is 1.91. The minimum atomic E-state index is 0.460. The summed E-state index contributed by atoms with van der Waals surface area (Å²) in [7, 11) is 0. The van der Waals surface area contributed by atoms with Crippen molar-refractivity contribution in [2.45, 2.75) is 73.6 Å². The van der Waals surface area contributed by atoms with Gasteiger partial charge in [0, 0.05) is 0 Å². The molecule has 1 heteroatoms. The first-order valence-corrected chi connectivity index (χ1v) is 9.11. The molecule has 0 aromatic rings. The van der Waals surface area contributed by atoms with Crippen molar-refractivity contribution in [3.8, 4) is 0 Å². The van der Waals surface area contributed by atoms with Gasteiger partial charge in [-0.15, -0.1) is 0 Å². The first kappa shape index (κ1) is 18.7. The molecule has 1 N–H and O–H groups in total. The third-order valence-electron chi connectivity index (χ3n) is 5.37. The van der Waals surface area contributed by atoms with Gasteiger partial charge in [0.05, 0.1) is 0 Å². The van der Waals surface area contributed by atoms with Crippen LogP contribution in [-0.2, 0) is 0 Å². The summed E-state index contributed by atoms with van der Waals surface area (Å²) in [6.45, 7) is 20.7. The molecule has 0 bridgehead atoms. The Labute approximate surface area is 134 Å². The molecule has 1 fully saturated rings. The second kappa shape index (κ2) is 8.36. The predicted octanol–water partition coefficient (Wildman–Crippen LogP) is 5.67. The van der Waals surface area contributed by atoms with Crippen LogP contribution in [0.5, 0.6) is 0 Å². The van der Waals surface area contributed by atoms with E-state index < -0.39 is 0 Å². The van der Waals surface area contributed by atoms with Crippen molar-refractivity contribution in [2.75, 3.05) is 13.1 Å². The van der Waals surface area contributed by atoms with E-state index in [0.717, 1.165) is 36.6 Å². The number of hydrogen-bond acceptors (Lipinski definition) is 1. The molecular formula is C20H39N. The van der Waals surface area contributed by atoms with E-state index in [1.54, 1.807) is 0 Å². The third-order valence-corrected chi connectivity index (χ3v) is 5.37. The second-order valence-corrected chi connectivity index (χ2v) is 8.76. The molecule has 1 saturated carbocycles. The van der Waals surface area contributed by atoms with Crippen molar-refractivity contribution in [1.29, 1.82) is 0 Å².